The third kappa shape index (κ3) is 3.45. The van der Waals surface area contributed by atoms with E-state index in [-0.39, 0.29) is 25.0 Å². The highest BCUT2D eigenvalue weighted by molar-refractivity contribution is 7.08. The summed E-state index contributed by atoms with van der Waals surface area (Å²) in [5.74, 6) is -0.876. The molecule has 0 spiro atoms. The van der Waals surface area contributed by atoms with Crippen molar-refractivity contribution in [3.63, 3.8) is 0 Å². The van der Waals surface area contributed by atoms with Gasteiger partial charge in [0.1, 0.15) is 0 Å². The smallest absolute Gasteiger partial charge is 0.322 e. The van der Waals surface area contributed by atoms with Crippen LogP contribution in [-0.2, 0) is 4.79 Å². The normalized spacial score (nSPS) is 14.4. The van der Waals surface area contributed by atoms with Crippen LogP contribution in [0.25, 0.3) is 0 Å². The Morgan fingerprint density at radius 2 is 2.29 bits per heavy atom. The fourth-order valence-electron chi connectivity index (χ4n) is 1.58. The lowest BCUT2D eigenvalue weighted by molar-refractivity contribution is -0.137. The summed E-state index contributed by atoms with van der Waals surface area (Å²) in [4.78, 5) is 24.1. The van der Waals surface area contributed by atoms with Crippen molar-refractivity contribution in [2.45, 2.75) is 25.3 Å². The van der Waals surface area contributed by atoms with Gasteiger partial charge in [-0.05, 0) is 24.3 Å². The molecule has 2 amide bonds. The number of nitrogens with zero attached hydrogens (tertiary/aromatic N) is 1. The SMILES string of the molecule is O=C(O)CCN(C(=O)Nc1ccsc1)C1CC1. The predicted octanol–water partition coefficient (Wildman–Crippen LogP) is 2.22. The van der Waals surface area contributed by atoms with E-state index in [0.29, 0.717) is 0 Å². The van der Waals surface area contributed by atoms with Gasteiger partial charge in [0.2, 0.25) is 0 Å². The molecule has 0 radical (unpaired) electrons. The van der Waals surface area contributed by atoms with E-state index in [1.165, 1.54) is 11.3 Å². The summed E-state index contributed by atoms with van der Waals surface area (Å²) in [5.41, 5.74) is 0.765. The molecule has 0 unspecified atom stereocenters. The topological polar surface area (TPSA) is 69.6 Å². The Morgan fingerprint density at radius 1 is 1.53 bits per heavy atom. The van der Waals surface area contributed by atoms with Crippen molar-refractivity contribution in [1.82, 2.24) is 4.90 Å². The van der Waals surface area contributed by atoms with Gasteiger partial charge < -0.3 is 15.3 Å². The first-order chi connectivity index (χ1) is 8.16. The lowest BCUT2D eigenvalue weighted by Gasteiger charge is -2.21. The highest BCUT2D eigenvalue weighted by Crippen LogP contribution is 2.27. The molecule has 1 saturated carbocycles. The van der Waals surface area contributed by atoms with E-state index >= 15 is 0 Å². The van der Waals surface area contributed by atoms with Gasteiger partial charge in [-0.2, -0.15) is 11.3 Å². The number of hydrogen-bond donors (Lipinski definition) is 2. The van der Waals surface area contributed by atoms with Crippen LogP contribution in [-0.4, -0.2) is 34.6 Å². The fraction of sp³-hybridized carbons (Fsp3) is 0.455. The van der Waals surface area contributed by atoms with Crippen LogP contribution >= 0.6 is 11.3 Å². The van der Waals surface area contributed by atoms with E-state index in [2.05, 4.69) is 5.32 Å². The van der Waals surface area contributed by atoms with Crippen molar-refractivity contribution in [1.29, 1.82) is 0 Å². The molecule has 92 valence electrons. The number of carbonyl (C=O) groups excluding carboxylic acids is 1. The van der Waals surface area contributed by atoms with Crippen LogP contribution in [0.3, 0.4) is 0 Å². The lowest BCUT2D eigenvalue weighted by Crippen LogP contribution is -2.38. The van der Waals surface area contributed by atoms with Crippen molar-refractivity contribution in [2.75, 3.05) is 11.9 Å². The monoisotopic (exact) mass is 254 g/mol. The summed E-state index contributed by atoms with van der Waals surface area (Å²) in [6.07, 6.45) is 1.93. The number of urea groups is 1. The van der Waals surface area contributed by atoms with Crippen LogP contribution in [0.1, 0.15) is 19.3 Å². The van der Waals surface area contributed by atoms with E-state index in [9.17, 15) is 9.59 Å². The molecule has 1 fully saturated rings. The minimum absolute atomic E-state index is 0.00639. The number of carboxylic acid groups (broad SMARTS) is 1. The number of rotatable bonds is 5. The zero-order chi connectivity index (χ0) is 12.3. The molecule has 2 N–H and O–H groups in total. The lowest BCUT2D eigenvalue weighted by atomic mass is 10.4. The summed E-state index contributed by atoms with van der Waals surface area (Å²) in [6.45, 7) is 0.274. The Morgan fingerprint density at radius 3 is 2.82 bits per heavy atom. The Hall–Kier alpha value is -1.56. The molecular weight excluding hydrogens is 240 g/mol. The van der Waals surface area contributed by atoms with Crippen LogP contribution in [0.15, 0.2) is 16.8 Å². The molecule has 5 nitrogen and oxygen atoms in total. The van der Waals surface area contributed by atoms with Gasteiger partial charge in [0.25, 0.3) is 0 Å². The predicted molar refractivity (Wildman–Crippen MR) is 65.3 cm³/mol. The van der Waals surface area contributed by atoms with Gasteiger partial charge >= 0.3 is 12.0 Å². The molecule has 1 heterocycles. The van der Waals surface area contributed by atoms with Gasteiger partial charge in [-0.25, -0.2) is 4.79 Å². The quantitative estimate of drug-likeness (QED) is 0.846. The Kier molecular flexibility index (Phi) is 3.63. The second-order valence-electron chi connectivity index (χ2n) is 4.01. The van der Waals surface area contributed by atoms with Crippen molar-refractivity contribution in [3.05, 3.63) is 16.8 Å². The zero-order valence-electron chi connectivity index (χ0n) is 9.26. The summed E-state index contributed by atoms with van der Waals surface area (Å²) in [7, 11) is 0. The first-order valence-corrected chi connectivity index (χ1v) is 6.42. The number of nitrogens with one attached hydrogen (secondary N) is 1. The Balaban J connectivity index is 1.91. The van der Waals surface area contributed by atoms with Crippen LogP contribution in [0.5, 0.6) is 0 Å². The van der Waals surface area contributed by atoms with Gasteiger partial charge in [-0.3, -0.25) is 4.79 Å². The van der Waals surface area contributed by atoms with Crippen molar-refractivity contribution in [3.8, 4) is 0 Å². The zero-order valence-corrected chi connectivity index (χ0v) is 10.1. The van der Waals surface area contributed by atoms with Crippen LogP contribution in [0.4, 0.5) is 10.5 Å². The van der Waals surface area contributed by atoms with Crippen molar-refractivity contribution >= 4 is 29.0 Å². The maximum Gasteiger partial charge on any atom is 0.322 e. The van der Waals surface area contributed by atoms with Gasteiger partial charge in [-0.15, -0.1) is 0 Å². The third-order valence-corrected chi connectivity index (χ3v) is 3.27. The molecule has 0 atom stereocenters. The number of carbonyl (C=O) groups is 2. The van der Waals surface area contributed by atoms with Crippen LogP contribution < -0.4 is 5.32 Å². The standard InChI is InChI=1S/C11H14N2O3S/c14-10(15)3-5-13(9-1-2-9)11(16)12-8-4-6-17-7-8/h4,6-7,9H,1-3,5H2,(H,12,16)(H,14,15). The van der Waals surface area contributed by atoms with E-state index in [4.69, 9.17) is 5.11 Å². The summed E-state index contributed by atoms with van der Waals surface area (Å²) in [5, 5.41) is 15.1. The number of hydrogen-bond acceptors (Lipinski definition) is 3. The van der Waals surface area contributed by atoms with Crippen LogP contribution in [0, 0.1) is 0 Å². The average Bonchev–Trinajstić information content (AvgIpc) is 2.97. The molecule has 0 bridgehead atoms. The number of aliphatic carboxylic acids is 1. The van der Waals surface area contributed by atoms with Gasteiger partial charge in [0, 0.05) is 18.0 Å². The fourth-order valence-corrected chi connectivity index (χ4v) is 2.17. The molecule has 1 aromatic heterocycles. The van der Waals surface area contributed by atoms with E-state index in [1.54, 1.807) is 4.90 Å². The molecular formula is C11H14N2O3S. The first-order valence-electron chi connectivity index (χ1n) is 5.48. The van der Waals surface area contributed by atoms with E-state index < -0.39 is 5.97 Å². The van der Waals surface area contributed by atoms with Crippen LogP contribution in [0.2, 0.25) is 0 Å². The molecule has 17 heavy (non-hydrogen) atoms. The number of anilines is 1. The largest absolute Gasteiger partial charge is 0.481 e. The molecule has 2 rings (SSSR count). The van der Waals surface area contributed by atoms with Crippen molar-refractivity contribution in [2.24, 2.45) is 0 Å². The molecule has 1 aromatic rings. The molecule has 1 aliphatic carbocycles. The van der Waals surface area contributed by atoms with E-state index in [1.807, 2.05) is 16.8 Å². The Labute approximate surface area is 103 Å². The Bertz CT molecular complexity index is 401. The highest BCUT2D eigenvalue weighted by Gasteiger charge is 2.32. The maximum atomic E-state index is 11.9. The second-order valence-corrected chi connectivity index (χ2v) is 4.79. The number of amides is 2. The van der Waals surface area contributed by atoms with Gasteiger partial charge in [0.15, 0.2) is 0 Å². The maximum absolute atomic E-state index is 11.9. The molecule has 0 aromatic carbocycles. The number of thiophene rings is 1. The summed E-state index contributed by atoms with van der Waals surface area (Å²) in [6, 6.07) is 1.84. The molecule has 1 aliphatic rings. The average molecular weight is 254 g/mol. The van der Waals surface area contributed by atoms with Gasteiger partial charge in [-0.1, -0.05) is 0 Å². The third-order valence-electron chi connectivity index (χ3n) is 2.59. The second kappa shape index (κ2) is 5.18. The minimum Gasteiger partial charge on any atom is -0.481 e. The molecule has 6 heteroatoms. The van der Waals surface area contributed by atoms with Crippen molar-refractivity contribution < 1.29 is 14.7 Å². The molecule has 0 aliphatic heterocycles. The summed E-state index contributed by atoms with van der Waals surface area (Å²) < 4.78 is 0. The molecule has 0 saturated heterocycles. The van der Waals surface area contributed by atoms with E-state index in [0.717, 1.165) is 18.5 Å². The first kappa shape index (κ1) is 11.9. The highest BCUT2D eigenvalue weighted by atomic mass is 32.1. The van der Waals surface area contributed by atoms with Gasteiger partial charge in [0.05, 0.1) is 12.1 Å². The number of carboxylic acids is 1. The summed E-state index contributed by atoms with van der Waals surface area (Å²) >= 11 is 1.51. The minimum atomic E-state index is -0.876.